The number of carboxylic acids is 1. The van der Waals surface area contributed by atoms with Gasteiger partial charge in [-0.1, -0.05) is 25.1 Å². The number of carbonyl (C=O) groups is 2. The van der Waals surface area contributed by atoms with E-state index in [0.717, 1.165) is 5.69 Å². The van der Waals surface area contributed by atoms with Crippen LogP contribution in [-0.2, 0) is 4.79 Å². The van der Waals surface area contributed by atoms with Gasteiger partial charge in [0.1, 0.15) is 6.04 Å². The lowest BCUT2D eigenvalue weighted by atomic mass is 10.2. The highest BCUT2D eigenvalue weighted by atomic mass is 16.4. The van der Waals surface area contributed by atoms with Gasteiger partial charge in [0.25, 0.3) is 5.91 Å². The Labute approximate surface area is 116 Å². The van der Waals surface area contributed by atoms with Crippen molar-refractivity contribution in [2.24, 2.45) is 0 Å². The van der Waals surface area contributed by atoms with Crippen LogP contribution in [0.4, 0.5) is 0 Å². The molecule has 0 aliphatic rings. The molecule has 1 unspecified atom stereocenters. The molecule has 2 rings (SSSR count). The third kappa shape index (κ3) is 3.03. The molecule has 104 valence electrons. The molecule has 1 heterocycles. The molecular formula is C14H15N3O3. The van der Waals surface area contributed by atoms with Crippen LogP contribution in [0.15, 0.2) is 42.6 Å². The van der Waals surface area contributed by atoms with E-state index in [2.05, 4.69) is 10.4 Å². The van der Waals surface area contributed by atoms with Crippen LogP contribution in [0.1, 0.15) is 23.8 Å². The second kappa shape index (κ2) is 6.01. The van der Waals surface area contributed by atoms with Crippen molar-refractivity contribution in [3.63, 3.8) is 0 Å². The summed E-state index contributed by atoms with van der Waals surface area (Å²) < 4.78 is 1.57. The van der Waals surface area contributed by atoms with Gasteiger partial charge in [-0.15, -0.1) is 0 Å². The van der Waals surface area contributed by atoms with E-state index in [9.17, 15) is 9.59 Å². The van der Waals surface area contributed by atoms with Crippen LogP contribution in [0.2, 0.25) is 0 Å². The maximum atomic E-state index is 11.9. The summed E-state index contributed by atoms with van der Waals surface area (Å²) in [6, 6.07) is 10.0. The monoisotopic (exact) mass is 273 g/mol. The smallest absolute Gasteiger partial charge is 0.326 e. The van der Waals surface area contributed by atoms with Crippen molar-refractivity contribution in [1.82, 2.24) is 15.1 Å². The van der Waals surface area contributed by atoms with E-state index in [1.54, 1.807) is 23.9 Å². The quantitative estimate of drug-likeness (QED) is 0.864. The number of amides is 1. The van der Waals surface area contributed by atoms with Crippen molar-refractivity contribution < 1.29 is 14.7 Å². The number of nitrogens with one attached hydrogen (secondary N) is 1. The highest BCUT2D eigenvalue weighted by Gasteiger charge is 2.19. The Kier molecular flexibility index (Phi) is 4.14. The number of rotatable bonds is 5. The van der Waals surface area contributed by atoms with Crippen LogP contribution in [0.5, 0.6) is 0 Å². The van der Waals surface area contributed by atoms with E-state index in [0.29, 0.717) is 6.42 Å². The van der Waals surface area contributed by atoms with Gasteiger partial charge in [-0.3, -0.25) is 4.79 Å². The minimum absolute atomic E-state index is 0.188. The second-order valence-electron chi connectivity index (χ2n) is 4.25. The Morgan fingerprint density at radius 3 is 2.60 bits per heavy atom. The summed E-state index contributed by atoms with van der Waals surface area (Å²) in [5.74, 6) is -1.54. The molecule has 1 aromatic heterocycles. The number of nitrogens with zero attached hydrogens (tertiary/aromatic N) is 2. The Morgan fingerprint density at radius 2 is 2.00 bits per heavy atom. The Bertz CT molecular complexity index is 607. The van der Waals surface area contributed by atoms with Gasteiger partial charge in [0.05, 0.1) is 5.69 Å². The number of carbonyl (C=O) groups excluding carboxylic acids is 1. The third-order valence-electron chi connectivity index (χ3n) is 2.85. The minimum atomic E-state index is -1.05. The van der Waals surface area contributed by atoms with E-state index in [1.165, 1.54) is 0 Å². The molecule has 2 N–H and O–H groups in total. The summed E-state index contributed by atoms with van der Waals surface area (Å²) in [6.45, 7) is 1.70. The second-order valence-corrected chi connectivity index (χ2v) is 4.25. The molecular weight excluding hydrogens is 258 g/mol. The Hall–Kier alpha value is -2.63. The first-order valence-electron chi connectivity index (χ1n) is 6.26. The number of aromatic nitrogens is 2. The first kappa shape index (κ1) is 13.8. The van der Waals surface area contributed by atoms with E-state index in [4.69, 9.17) is 5.11 Å². The van der Waals surface area contributed by atoms with Gasteiger partial charge in [0.15, 0.2) is 5.69 Å². The molecule has 0 saturated heterocycles. The lowest BCUT2D eigenvalue weighted by Gasteiger charge is -2.10. The van der Waals surface area contributed by atoms with Crippen LogP contribution >= 0.6 is 0 Å². The molecule has 0 fully saturated rings. The molecule has 0 saturated carbocycles. The molecule has 0 aliphatic heterocycles. The third-order valence-corrected chi connectivity index (χ3v) is 2.85. The Morgan fingerprint density at radius 1 is 1.30 bits per heavy atom. The van der Waals surface area contributed by atoms with E-state index < -0.39 is 17.9 Å². The normalized spacial score (nSPS) is 11.8. The lowest BCUT2D eigenvalue weighted by molar-refractivity contribution is -0.139. The van der Waals surface area contributed by atoms with Crippen molar-refractivity contribution >= 4 is 11.9 Å². The average molecular weight is 273 g/mol. The van der Waals surface area contributed by atoms with Crippen LogP contribution in [0, 0.1) is 0 Å². The van der Waals surface area contributed by atoms with E-state index >= 15 is 0 Å². The summed E-state index contributed by atoms with van der Waals surface area (Å²) >= 11 is 0. The van der Waals surface area contributed by atoms with Gasteiger partial charge in [-0.05, 0) is 24.6 Å². The van der Waals surface area contributed by atoms with Crippen LogP contribution < -0.4 is 5.32 Å². The number of carboxylic acid groups (broad SMARTS) is 1. The van der Waals surface area contributed by atoms with Gasteiger partial charge in [0.2, 0.25) is 0 Å². The zero-order chi connectivity index (χ0) is 14.5. The summed E-state index contributed by atoms with van der Waals surface area (Å²) in [7, 11) is 0. The van der Waals surface area contributed by atoms with Crippen molar-refractivity contribution in [1.29, 1.82) is 0 Å². The zero-order valence-electron chi connectivity index (χ0n) is 11.0. The van der Waals surface area contributed by atoms with Crippen LogP contribution in [-0.4, -0.2) is 32.8 Å². The number of aliphatic carboxylic acids is 1. The number of hydrogen-bond acceptors (Lipinski definition) is 3. The highest BCUT2D eigenvalue weighted by molar-refractivity contribution is 5.94. The molecule has 1 aromatic carbocycles. The maximum absolute atomic E-state index is 11.9. The van der Waals surface area contributed by atoms with Gasteiger partial charge in [-0.2, -0.15) is 5.10 Å². The fourth-order valence-corrected chi connectivity index (χ4v) is 1.74. The average Bonchev–Trinajstić information content (AvgIpc) is 2.95. The summed E-state index contributed by atoms with van der Waals surface area (Å²) in [5.41, 5.74) is 1.02. The van der Waals surface area contributed by atoms with Crippen molar-refractivity contribution in [3.05, 3.63) is 48.3 Å². The summed E-state index contributed by atoms with van der Waals surface area (Å²) in [5, 5.41) is 15.5. The van der Waals surface area contributed by atoms with Gasteiger partial charge in [0, 0.05) is 6.20 Å². The molecule has 6 nitrogen and oxygen atoms in total. The molecule has 6 heteroatoms. The first-order valence-corrected chi connectivity index (χ1v) is 6.26. The molecule has 1 atom stereocenters. The SMILES string of the molecule is CCC(NC(=O)c1ccn(-c2ccccc2)n1)C(=O)O. The topological polar surface area (TPSA) is 84.2 Å². The molecule has 0 aliphatic carbocycles. The molecule has 20 heavy (non-hydrogen) atoms. The van der Waals surface area contributed by atoms with Crippen LogP contribution in [0.3, 0.4) is 0 Å². The lowest BCUT2D eigenvalue weighted by Crippen LogP contribution is -2.40. The van der Waals surface area contributed by atoms with Gasteiger partial charge >= 0.3 is 5.97 Å². The standard InChI is InChI=1S/C14H15N3O3/c1-2-11(14(19)20)15-13(18)12-8-9-17(16-12)10-6-4-3-5-7-10/h3-9,11H,2H2,1H3,(H,15,18)(H,19,20). The van der Waals surface area contributed by atoms with E-state index in [1.807, 2.05) is 30.3 Å². The van der Waals surface area contributed by atoms with Gasteiger partial charge in [-0.25, -0.2) is 9.48 Å². The molecule has 0 radical (unpaired) electrons. The fourth-order valence-electron chi connectivity index (χ4n) is 1.74. The molecule has 2 aromatic rings. The van der Waals surface area contributed by atoms with Crippen molar-refractivity contribution in [3.8, 4) is 5.69 Å². The predicted octanol–water partition coefficient (Wildman–Crippen LogP) is 1.47. The molecule has 1 amide bonds. The van der Waals surface area contributed by atoms with Crippen molar-refractivity contribution in [2.75, 3.05) is 0 Å². The van der Waals surface area contributed by atoms with Crippen LogP contribution in [0.25, 0.3) is 5.69 Å². The van der Waals surface area contributed by atoms with Gasteiger partial charge < -0.3 is 10.4 Å². The molecule has 0 bridgehead atoms. The minimum Gasteiger partial charge on any atom is -0.480 e. The summed E-state index contributed by atoms with van der Waals surface area (Å²) in [4.78, 5) is 22.8. The zero-order valence-corrected chi connectivity index (χ0v) is 11.0. The largest absolute Gasteiger partial charge is 0.480 e. The van der Waals surface area contributed by atoms with Crippen molar-refractivity contribution in [2.45, 2.75) is 19.4 Å². The predicted molar refractivity (Wildman–Crippen MR) is 72.7 cm³/mol. The highest BCUT2D eigenvalue weighted by Crippen LogP contribution is 2.07. The molecule has 0 spiro atoms. The fraction of sp³-hybridized carbons (Fsp3) is 0.214. The number of para-hydroxylation sites is 1. The number of hydrogen-bond donors (Lipinski definition) is 2. The maximum Gasteiger partial charge on any atom is 0.326 e. The Balaban J connectivity index is 2.13. The summed E-state index contributed by atoms with van der Waals surface area (Å²) in [6.07, 6.45) is 1.98. The van der Waals surface area contributed by atoms with E-state index in [-0.39, 0.29) is 5.69 Å². The first-order chi connectivity index (χ1) is 9.61. The number of benzene rings is 1.